The highest BCUT2D eigenvalue weighted by atomic mass is 32.2. The van der Waals surface area contributed by atoms with Gasteiger partial charge in [-0.3, -0.25) is 4.79 Å². The Morgan fingerprint density at radius 1 is 1.14 bits per heavy atom. The molecule has 116 valence electrons. The van der Waals surface area contributed by atoms with Gasteiger partial charge in [0.1, 0.15) is 0 Å². The maximum atomic E-state index is 11.9. The van der Waals surface area contributed by atoms with Crippen LogP contribution in [0.4, 0.5) is 0 Å². The fourth-order valence-electron chi connectivity index (χ4n) is 2.68. The molecule has 1 saturated carbocycles. The van der Waals surface area contributed by atoms with Gasteiger partial charge in [0.05, 0.1) is 6.26 Å². The molecule has 2 rings (SSSR count). The first-order chi connectivity index (χ1) is 9.96. The molecule has 1 fully saturated rings. The Hall–Kier alpha value is -1.40. The number of hydrogen-bond acceptors (Lipinski definition) is 3. The maximum Gasteiger partial charge on any atom is 0.251 e. The standard InChI is InChI=1S/C15H22N2O3S/c1-21(19,20)17-11-10-16-15(18)14-8-6-13(7-9-14)12-4-2-3-5-12/h6-9,12,17H,2-5,10-11H2,1H3,(H,16,18). The van der Waals surface area contributed by atoms with E-state index in [0.29, 0.717) is 11.5 Å². The highest BCUT2D eigenvalue weighted by Crippen LogP contribution is 2.33. The van der Waals surface area contributed by atoms with E-state index >= 15 is 0 Å². The Kier molecular flexibility index (Phi) is 5.36. The normalized spacial score (nSPS) is 16.0. The van der Waals surface area contributed by atoms with Gasteiger partial charge >= 0.3 is 0 Å². The second-order valence-corrected chi connectivity index (χ2v) is 7.36. The van der Waals surface area contributed by atoms with Crippen LogP contribution in [0.25, 0.3) is 0 Å². The monoisotopic (exact) mass is 310 g/mol. The van der Waals surface area contributed by atoms with E-state index in [1.807, 2.05) is 24.3 Å². The van der Waals surface area contributed by atoms with Gasteiger partial charge < -0.3 is 5.32 Å². The topological polar surface area (TPSA) is 75.3 Å². The first kappa shape index (κ1) is 16.0. The summed E-state index contributed by atoms with van der Waals surface area (Å²) in [5.74, 6) is 0.462. The van der Waals surface area contributed by atoms with Crippen molar-refractivity contribution in [1.82, 2.24) is 10.0 Å². The average Bonchev–Trinajstić information content (AvgIpc) is 2.96. The van der Waals surface area contributed by atoms with Crippen LogP contribution >= 0.6 is 0 Å². The van der Waals surface area contributed by atoms with E-state index in [0.717, 1.165) is 6.26 Å². The van der Waals surface area contributed by atoms with Crippen LogP contribution in [0.2, 0.25) is 0 Å². The van der Waals surface area contributed by atoms with Gasteiger partial charge in [-0.05, 0) is 36.5 Å². The summed E-state index contributed by atoms with van der Waals surface area (Å²) < 4.78 is 24.1. The van der Waals surface area contributed by atoms with Crippen LogP contribution in [0.3, 0.4) is 0 Å². The zero-order chi connectivity index (χ0) is 15.3. The zero-order valence-corrected chi connectivity index (χ0v) is 13.1. The van der Waals surface area contributed by atoms with Crippen LogP contribution in [0.1, 0.15) is 47.5 Å². The van der Waals surface area contributed by atoms with E-state index in [1.165, 1.54) is 31.2 Å². The summed E-state index contributed by atoms with van der Waals surface area (Å²) in [6.07, 6.45) is 6.16. The summed E-state index contributed by atoms with van der Waals surface area (Å²) >= 11 is 0. The Balaban J connectivity index is 1.82. The van der Waals surface area contributed by atoms with Gasteiger partial charge in [0.15, 0.2) is 0 Å². The minimum atomic E-state index is -3.20. The number of rotatable bonds is 6. The van der Waals surface area contributed by atoms with Crippen LogP contribution < -0.4 is 10.0 Å². The largest absolute Gasteiger partial charge is 0.351 e. The first-order valence-corrected chi connectivity index (χ1v) is 9.17. The molecule has 0 radical (unpaired) electrons. The molecule has 0 aromatic heterocycles. The smallest absolute Gasteiger partial charge is 0.251 e. The number of carbonyl (C=O) groups excluding carboxylic acids is 1. The van der Waals surface area contributed by atoms with E-state index in [9.17, 15) is 13.2 Å². The lowest BCUT2D eigenvalue weighted by atomic mass is 9.96. The van der Waals surface area contributed by atoms with Crippen molar-refractivity contribution in [2.75, 3.05) is 19.3 Å². The second kappa shape index (κ2) is 7.04. The van der Waals surface area contributed by atoms with Crippen molar-refractivity contribution in [3.8, 4) is 0 Å². The lowest BCUT2D eigenvalue weighted by Crippen LogP contribution is -2.34. The lowest BCUT2D eigenvalue weighted by Gasteiger charge is -2.10. The minimum Gasteiger partial charge on any atom is -0.351 e. The number of hydrogen-bond donors (Lipinski definition) is 2. The quantitative estimate of drug-likeness (QED) is 0.784. The Bertz CT molecular complexity index is 575. The molecule has 1 aliphatic rings. The Labute approximate surface area is 126 Å². The fourth-order valence-corrected chi connectivity index (χ4v) is 3.15. The molecule has 0 heterocycles. The van der Waals surface area contributed by atoms with Crippen LogP contribution in [-0.2, 0) is 10.0 Å². The van der Waals surface area contributed by atoms with Crippen molar-refractivity contribution in [3.63, 3.8) is 0 Å². The van der Waals surface area contributed by atoms with Crippen molar-refractivity contribution in [2.45, 2.75) is 31.6 Å². The van der Waals surface area contributed by atoms with Crippen LogP contribution in [0.15, 0.2) is 24.3 Å². The molecule has 1 aromatic rings. The predicted octanol–water partition coefficient (Wildman–Crippen LogP) is 1.62. The summed E-state index contributed by atoms with van der Waals surface area (Å²) in [6, 6.07) is 7.74. The van der Waals surface area contributed by atoms with E-state index in [4.69, 9.17) is 0 Å². The van der Waals surface area contributed by atoms with E-state index in [1.54, 1.807) is 0 Å². The highest BCUT2D eigenvalue weighted by molar-refractivity contribution is 7.88. The highest BCUT2D eigenvalue weighted by Gasteiger charge is 2.17. The van der Waals surface area contributed by atoms with Gasteiger partial charge in [0, 0.05) is 18.7 Å². The van der Waals surface area contributed by atoms with Gasteiger partial charge in [-0.1, -0.05) is 25.0 Å². The number of carbonyl (C=O) groups is 1. The van der Waals surface area contributed by atoms with E-state index < -0.39 is 10.0 Å². The lowest BCUT2D eigenvalue weighted by molar-refractivity contribution is 0.0954. The number of amides is 1. The van der Waals surface area contributed by atoms with E-state index in [2.05, 4.69) is 10.0 Å². The molecule has 5 nitrogen and oxygen atoms in total. The van der Waals surface area contributed by atoms with Crippen molar-refractivity contribution < 1.29 is 13.2 Å². The van der Waals surface area contributed by atoms with Crippen LogP contribution in [0.5, 0.6) is 0 Å². The summed E-state index contributed by atoms with van der Waals surface area (Å²) in [6.45, 7) is 0.473. The molecule has 0 atom stereocenters. The number of sulfonamides is 1. The minimum absolute atomic E-state index is 0.178. The average molecular weight is 310 g/mol. The zero-order valence-electron chi connectivity index (χ0n) is 12.3. The molecule has 0 aliphatic heterocycles. The summed E-state index contributed by atoms with van der Waals surface area (Å²) in [4.78, 5) is 11.9. The molecule has 0 unspecified atom stereocenters. The third kappa shape index (κ3) is 5.13. The van der Waals surface area contributed by atoms with Crippen molar-refractivity contribution >= 4 is 15.9 Å². The van der Waals surface area contributed by atoms with Crippen molar-refractivity contribution in [2.24, 2.45) is 0 Å². The molecule has 6 heteroatoms. The predicted molar refractivity (Wildman–Crippen MR) is 82.8 cm³/mol. The van der Waals surface area contributed by atoms with Gasteiger partial charge in [-0.25, -0.2) is 13.1 Å². The third-order valence-electron chi connectivity index (χ3n) is 3.77. The molecule has 1 aromatic carbocycles. The van der Waals surface area contributed by atoms with Crippen LogP contribution in [0, 0.1) is 0 Å². The maximum absolute atomic E-state index is 11.9. The summed E-state index contributed by atoms with van der Waals surface area (Å²) in [5, 5.41) is 2.69. The fraction of sp³-hybridized carbons (Fsp3) is 0.533. The number of nitrogens with one attached hydrogen (secondary N) is 2. The SMILES string of the molecule is CS(=O)(=O)NCCNC(=O)c1ccc(C2CCCC2)cc1. The summed E-state index contributed by atoms with van der Waals surface area (Å²) in [7, 11) is -3.20. The molecular formula is C15H22N2O3S. The summed E-state index contributed by atoms with van der Waals surface area (Å²) in [5.41, 5.74) is 1.92. The van der Waals surface area contributed by atoms with Gasteiger partial charge in [0.2, 0.25) is 10.0 Å². The molecule has 2 N–H and O–H groups in total. The Morgan fingerprint density at radius 3 is 2.33 bits per heavy atom. The van der Waals surface area contributed by atoms with Gasteiger partial charge in [-0.15, -0.1) is 0 Å². The molecule has 0 spiro atoms. The molecule has 1 amide bonds. The second-order valence-electron chi connectivity index (χ2n) is 5.53. The van der Waals surface area contributed by atoms with Gasteiger partial charge in [0.25, 0.3) is 5.91 Å². The number of benzene rings is 1. The van der Waals surface area contributed by atoms with Crippen molar-refractivity contribution in [3.05, 3.63) is 35.4 Å². The molecular weight excluding hydrogens is 288 g/mol. The van der Waals surface area contributed by atoms with Crippen molar-refractivity contribution in [1.29, 1.82) is 0 Å². The van der Waals surface area contributed by atoms with Gasteiger partial charge in [-0.2, -0.15) is 0 Å². The molecule has 0 saturated heterocycles. The first-order valence-electron chi connectivity index (χ1n) is 7.28. The molecule has 0 bridgehead atoms. The molecule has 1 aliphatic carbocycles. The van der Waals surface area contributed by atoms with E-state index in [-0.39, 0.29) is 19.0 Å². The Morgan fingerprint density at radius 2 is 1.76 bits per heavy atom. The van der Waals surface area contributed by atoms with Crippen LogP contribution in [-0.4, -0.2) is 33.7 Å². The molecule has 21 heavy (non-hydrogen) atoms. The third-order valence-corrected chi connectivity index (χ3v) is 4.50.